The van der Waals surface area contributed by atoms with Gasteiger partial charge < -0.3 is 10.1 Å². The molecular weight excluding hydrogens is 188 g/mol. The van der Waals surface area contributed by atoms with Gasteiger partial charge in [-0.15, -0.1) is 0 Å². The fourth-order valence-corrected chi connectivity index (χ4v) is 1.92. The smallest absolute Gasteiger partial charge is 0.0630 e. The zero-order valence-corrected chi connectivity index (χ0v) is 10.0. The van der Waals surface area contributed by atoms with E-state index in [1.807, 2.05) is 0 Å². The van der Waals surface area contributed by atoms with Crippen LogP contribution in [-0.2, 0) is 4.74 Å². The molecule has 3 heteroatoms. The Labute approximate surface area is 93.5 Å². The van der Waals surface area contributed by atoms with Crippen molar-refractivity contribution in [3.8, 4) is 0 Å². The summed E-state index contributed by atoms with van der Waals surface area (Å²) < 4.78 is 5.28. The van der Waals surface area contributed by atoms with Crippen LogP contribution in [0.2, 0.25) is 0 Å². The molecule has 1 N–H and O–H groups in total. The van der Waals surface area contributed by atoms with Gasteiger partial charge in [-0.2, -0.15) is 0 Å². The summed E-state index contributed by atoms with van der Waals surface area (Å²) in [5.74, 6) is 0. The van der Waals surface area contributed by atoms with Gasteiger partial charge in [-0.1, -0.05) is 19.1 Å². The van der Waals surface area contributed by atoms with Gasteiger partial charge in [0.1, 0.15) is 0 Å². The molecule has 1 heterocycles. The molecule has 0 saturated carbocycles. The summed E-state index contributed by atoms with van der Waals surface area (Å²) >= 11 is 0. The van der Waals surface area contributed by atoms with Crippen molar-refractivity contribution < 1.29 is 4.74 Å². The molecule has 0 aliphatic carbocycles. The number of hydrogen-bond acceptors (Lipinski definition) is 3. The highest BCUT2D eigenvalue weighted by molar-refractivity contribution is 4.93. The Morgan fingerprint density at radius 1 is 1.47 bits per heavy atom. The van der Waals surface area contributed by atoms with Crippen LogP contribution in [0.15, 0.2) is 12.2 Å². The standard InChI is InChI=1S/C12H24N2O/c1-3-7-13-10-12(11-15-2)14-8-5-4-6-9-14/h4-5,12-13H,3,6-11H2,1-2H3. The molecule has 0 fully saturated rings. The van der Waals surface area contributed by atoms with Crippen molar-refractivity contribution >= 4 is 0 Å². The molecule has 0 aromatic heterocycles. The molecule has 15 heavy (non-hydrogen) atoms. The molecule has 88 valence electrons. The highest BCUT2D eigenvalue weighted by atomic mass is 16.5. The van der Waals surface area contributed by atoms with E-state index in [0.717, 1.165) is 26.2 Å². The van der Waals surface area contributed by atoms with Crippen molar-refractivity contribution in [3.05, 3.63) is 12.2 Å². The van der Waals surface area contributed by atoms with Crippen LogP contribution >= 0.6 is 0 Å². The van der Waals surface area contributed by atoms with Gasteiger partial charge >= 0.3 is 0 Å². The number of ether oxygens (including phenoxy) is 1. The molecule has 1 atom stereocenters. The van der Waals surface area contributed by atoms with Crippen LogP contribution in [0.25, 0.3) is 0 Å². The van der Waals surface area contributed by atoms with Crippen molar-refractivity contribution in [2.75, 3.05) is 39.9 Å². The fraction of sp³-hybridized carbons (Fsp3) is 0.833. The SMILES string of the molecule is CCCNCC(COC)N1CC=CCC1. The zero-order chi connectivity index (χ0) is 10.9. The van der Waals surface area contributed by atoms with Crippen LogP contribution in [0.5, 0.6) is 0 Å². The molecule has 0 saturated heterocycles. The predicted octanol–water partition coefficient (Wildman–Crippen LogP) is 1.26. The van der Waals surface area contributed by atoms with Crippen LogP contribution in [0.4, 0.5) is 0 Å². The van der Waals surface area contributed by atoms with Crippen LogP contribution < -0.4 is 5.32 Å². The number of rotatable bonds is 7. The second-order valence-corrected chi connectivity index (χ2v) is 4.07. The first-order chi connectivity index (χ1) is 7.38. The monoisotopic (exact) mass is 212 g/mol. The summed E-state index contributed by atoms with van der Waals surface area (Å²) in [6.45, 7) is 7.39. The second kappa shape index (κ2) is 7.85. The third-order valence-electron chi connectivity index (χ3n) is 2.77. The number of nitrogens with one attached hydrogen (secondary N) is 1. The summed E-state index contributed by atoms with van der Waals surface area (Å²) in [4.78, 5) is 2.49. The molecule has 1 rings (SSSR count). The molecule has 3 nitrogen and oxygen atoms in total. The van der Waals surface area contributed by atoms with E-state index in [0.29, 0.717) is 6.04 Å². The average molecular weight is 212 g/mol. The van der Waals surface area contributed by atoms with Crippen molar-refractivity contribution in [1.29, 1.82) is 0 Å². The minimum atomic E-state index is 0.520. The lowest BCUT2D eigenvalue weighted by molar-refractivity contribution is 0.0952. The lowest BCUT2D eigenvalue weighted by Gasteiger charge is -2.32. The first kappa shape index (κ1) is 12.7. The molecule has 0 amide bonds. The Morgan fingerprint density at radius 3 is 2.93 bits per heavy atom. The Bertz CT molecular complexity index is 182. The van der Waals surface area contributed by atoms with Gasteiger partial charge in [-0.05, 0) is 19.4 Å². The fourth-order valence-electron chi connectivity index (χ4n) is 1.92. The summed E-state index contributed by atoms with van der Waals surface area (Å²) in [7, 11) is 1.78. The molecular formula is C12H24N2O. The van der Waals surface area contributed by atoms with Crippen molar-refractivity contribution in [1.82, 2.24) is 10.2 Å². The summed E-state index contributed by atoms with van der Waals surface area (Å²) in [5.41, 5.74) is 0. The summed E-state index contributed by atoms with van der Waals surface area (Å²) in [5, 5.41) is 3.47. The molecule has 0 spiro atoms. The first-order valence-electron chi connectivity index (χ1n) is 5.97. The summed E-state index contributed by atoms with van der Waals surface area (Å²) in [6, 6.07) is 0.520. The van der Waals surface area contributed by atoms with Gasteiger partial charge in [0.15, 0.2) is 0 Å². The van der Waals surface area contributed by atoms with Crippen molar-refractivity contribution in [3.63, 3.8) is 0 Å². The van der Waals surface area contributed by atoms with Crippen LogP contribution in [0.3, 0.4) is 0 Å². The van der Waals surface area contributed by atoms with E-state index in [1.54, 1.807) is 7.11 Å². The molecule has 0 bridgehead atoms. The number of hydrogen-bond donors (Lipinski definition) is 1. The molecule has 1 aliphatic heterocycles. The average Bonchev–Trinajstić information content (AvgIpc) is 2.29. The summed E-state index contributed by atoms with van der Waals surface area (Å²) in [6.07, 6.45) is 6.89. The van der Waals surface area contributed by atoms with E-state index < -0.39 is 0 Å². The van der Waals surface area contributed by atoms with E-state index in [1.165, 1.54) is 19.4 Å². The Balaban J connectivity index is 2.30. The van der Waals surface area contributed by atoms with Gasteiger partial charge in [-0.3, -0.25) is 4.90 Å². The lowest BCUT2D eigenvalue weighted by Crippen LogP contribution is -2.46. The molecule has 1 unspecified atom stereocenters. The van der Waals surface area contributed by atoms with Gasteiger partial charge in [0.25, 0.3) is 0 Å². The molecule has 0 radical (unpaired) electrons. The van der Waals surface area contributed by atoms with E-state index in [9.17, 15) is 0 Å². The third kappa shape index (κ3) is 4.78. The van der Waals surface area contributed by atoms with E-state index >= 15 is 0 Å². The molecule has 0 aromatic rings. The van der Waals surface area contributed by atoms with E-state index in [-0.39, 0.29) is 0 Å². The highest BCUT2D eigenvalue weighted by Crippen LogP contribution is 2.06. The quantitative estimate of drug-likeness (QED) is 0.508. The highest BCUT2D eigenvalue weighted by Gasteiger charge is 2.17. The number of methoxy groups -OCH3 is 1. The van der Waals surface area contributed by atoms with Crippen molar-refractivity contribution in [2.24, 2.45) is 0 Å². The van der Waals surface area contributed by atoms with Crippen LogP contribution in [0.1, 0.15) is 19.8 Å². The van der Waals surface area contributed by atoms with Gasteiger partial charge in [-0.25, -0.2) is 0 Å². The van der Waals surface area contributed by atoms with Gasteiger partial charge in [0.05, 0.1) is 6.61 Å². The molecule has 1 aliphatic rings. The normalized spacial score (nSPS) is 19.3. The Kier molecular flexibility index (Phi) is 6.64. The zero-order valence-electron chi connectivity index (χ0n) is 10.0. The van der Waals surface area contributed by atoms with E-state index in [4.69, 9.17) is 4.74 Å². The van der Waals surface area contributed by atoms with Gasteiger partial charge in [0, 0.05) is 32.8 Å². The topological polar surface area (TPSA) is 24.5 Å². The van der Waals surface area contributed by atoms with E-state index in [2.05, 4.69) is 29.3 Å². The second-order valence-electron chi connectivity index (χ2n) is 4.07. The maximum atomic E-state index is 5.28. The largest absolute Gasteiger partial charge is 0.383 e. The third-order valence-corrected chi connectivity index (χ3v) is 2.77. The Hall–Kier alpha value is -0.380. The van der Waals surface area contributed by atoms with Crippen LogP contribution in [-0.4, -0.2) is 50.8 Å². The van der Waals surface area contributed by atoms with Crippen LogP contribution in [0, 0.1) is 0 Å². The maximum Gasteiger partial charge on any atom is 0.0630 e. The van der Waals surface area contributed by atoms with Crippen molar-refractivity contribution in [2.45, 2.75) is 25.8 Å². The maximum absolute atomic E-state index is 5.28. The lowest BCUT2D eigenvalue weighted by atomic mass is 10.2. The minimum absolute atomic E-state index is 0.520. The number of nitrogens with zero attached hydrogens (tertiary/aromatic N) is 1. The minimum Gasteiger partial charge on any atom is -0.383 e. The molecule has 0 aromatic carbocycles. The Morgan fingerprint density at radius 2 is 2.33 bits per heavy atom. The first-order valence-corrected chi connectivity index (χ1v) is 5.97. The predicted molar refractivity (Wildman–Crippen MR) is 64.2 cm³/mol. The van der Waals surface area contributed by atoms with Gasteiger partial charge in [0.2, 0.25) is 0 Å².